The van der Waals surface area contributed by atoms with Gasteiger partial charge in [0.2, 0.25) is 0 Å². The first-order chi connectivity index (χ1) is 8.78. The molecule has 0 N–H and O–H groups in total. The molecule has 0 amide bonds. The van der Waals surface area contributed by atoms with Gasteiger partial charge in [0.25, 0.3) is 0 Å². The number of hydrogen-bond donors (Lipinski definition) is 0. The Morgan fingerprint density at radius 2 is 1.61 bits per heavy atom. The Bertz CT molecular complexity index is 547. The van der Waals surface area contributed by atoms with Crippen LogP contribution in [0.5, 0.6) is 11.5 Å². The Balaban J connectivity index is 2.01. The lowest BCUT2D eigenvalue weighted by Gasteiger charge is -2.05. The van der Waals surface area contributed by atoms with Gasteiger partial charge in [-0.25, -0.2) is 4.79 Å². The number of benzene rings is 2. The molecule has 0 unspecified atom stereocenters. The fraction of sp³-hybridized carbons (Fsp3) is 0. The SMILES string of the molecule is C=Cc1cccc(OC(=O)Oc2ccccc2)c1. The van der Waals surface area contributed by atoms with Crippen molar-refractivity contribution < 1.29 is 14.3 Å². The van der Waals surface area contributed by atoms with Crippen molar-refractivity contribution in [2.75, 3.05) is 0 Å². The van der Waals surface area contributed by atoms with Gasteiger partial charge in [-0.15, -0.1) is 0 Å². The molecule has 0 aliphatic carbocycles. The van der Waals surface area contributed by atoms with Crippen molar-refractivity contribution >= 4 is 12.2 Å². The predicted octanol–water partition coefficient (Wildman–Crippen LogP) is 3.91. The van der Waals surface area contributed by atoms with Crippen LogP contribution in [-0.4, -0.2) is 6.16 Å². The van der Waals surface area contributed by atoms with Crippen LogP contribution in [-0.2, 0) is 0 Å². The zero-order chi connectivity index (χ0) is 12.8. The van der Waals surface area contributed by atoms with Gasteiger partial charge in [-0.2, -0.15) is 0 Å². The van der Waals surface area contributed by atoms with Crippen LogP contribution in [0.2, 0.25) is 0 Å². The molecule has 0 aliphatic heterocycles. The summed E-state index contributed by atoms with van der Waals surface area (Å²) in [6.45, 7) is 3.65. The maximum Gasteiger partial charge on any atom is 0.519 e. The molecule has 0 bridgehead atoms. The van der Waals surface area contributed by atoms with Crippen LogP contribution in [0.1, 0.15) is 5.56 Å². The van der Waals surface area contributed by atoms with Gasteiger partial charge >= 0.3 is 6.16 Å². The van der Waals surface area contributed by atoms with E-state index in [1.165, 1.54) is 0 Å². The van der Waals surface area contributed by atoms with E-state index in [-0.39, 0.29) is 0 Å². The van der Waals surface area contributed by atoms with Gasteiger partial charge in [0, 0.05) is 0 Å². The Kier molecular flexibility index (Phi) is 3.76. The lowest BCUT2D eigenvalue weighted by molar-refractivity contribution is 0.152. The van der Waals surface area contributed by atoms with Crippen molar-refractivity contribution in [3.63, 3.8) is 0 Å². The van der Waals surface area contributed by atoms with E-state index in [0.717, 1.165) is 5.56 Å². The van der Waals surface area contributed by atoms with E-state index in [2.05, 4.69) is 6.58 Å². The van der Waals surface area contributed by atoms with E-state index in [4.69, 9.17) is 9.47 Å². The van der Waals surface area contributed by atoms with Crippen LogP contribution in [0.15, 0.2) is 61.2 Å². The molecule has 0 heterocycles. The van der Waals surface area contributed by atoms with Crippen LogP contribution in [0, 0.1) is 0 Å². The maximum atomic E-state index is 11.5. The molecular weight excluding hydrogens is 228 g/mol. The summed E-state index contributed by atoms with van der Waals surface area (Å²) in [6.07, 6.45) is 0.914. The Labute approximate surface area is 105 Å². The number of hydrogen-bond acceptors (Lipinski definition) is 3. The fourth-order valence-corrected chi connectivity index (χ4v) is 1.41. The molecule has 0 fully saturated rings. The largest absolute Gasteiger partial charge is 0.519 e. The average molecular weight is 240 g/mol. The van der Waals surface area contributed by atoms with E-state index in [1.807, 2.05) is 12.1 Å². The maximum absolute atomic E-state index is 11.5. The number of para-hydroxylation sites is 1. The van der Waals surface area contributed by atoms with Crippen molar-refractivity contribution in [3.8, 4) is 11.5 Å². The van der Waals surface area contributed by atoms with E-state index >= 15 is 0 Å². The van der Waals surface area contributed by atoms with Gasteiger partial charge in [-0.05, 0) is 29.8 Å². The number of carbonyl (C=O) groups excluding carboxylic acids is 1. The molecule has 3 heteroatoms. The first-order valence-electron chi connectivity index (χ1n) is 5.45. The molecule has 90 valence electrons. The second kappa shape index (κ2) is 5.68. The van der Waals surface area contributed by atoms with Crippen molar-refractivity contribution in [2.45, 2.75) is 0 Å². The third kappa shape index (κ3) is 3.22. The van der Waals surface area contributed by atoms with Gasteiger partial charge in [0.1, 0.15) is 11.5 Å². The smallest absolute Gasteiger partial charge is 0.395 e. The highest BCUT2D eigenvalue weighted by atomic mass is 16.7. The average Bonchev–Trinajstić information content (AvgIpc) is 2.40. The first-order valence-corrected chi connectivity index (χ1v) is 5.45. The first kappa shape index (κ1) is 11.9. The van der Waals surface area contributed by atoms with Crippen LogP contribution < -0.4 is 9.47 Å². The molecule has 0 aromatic heterocycles. The van der Waals surface area contributed by atoms with Gasteiger partial charge in [-0.1, -0.05) is 43.0 Å². The van der Waals surface area contributed by atoms with Crippen molar-refractivity contribution in [1.29, 1.82) is 0 Å². The molecule has 0 saturated carbocycles. The molecule has 0 aliphatic rings. The monoisotopic (exact) mass is 240 g/mol. The summed E-state index contributed by atoms with van der Waals surface area (Å²) in [7, 11) is 0. The molecule has 0 saturated heterocycles. The second-order valence-corrected chi connectivity index (χ2v) is 3.54. The predicted molar refractivity (Wildman–Crippen MR) is 69.6 cm³/mol. The van der Waals surface area contributed by atoms with E-state index < -0.39 is 6.16 Å². The van der Waals surface area contributed by atoms with Gasteiger partial charge in [0.05, 0.1) is 0 Å². The normalized spacial score (nSPS) is 9.56. The molecule has 2 rings (SSSR count). The molecule has 2 aromatic carbocycles. The highest BCUT2D eigenvalue weighted by Crippen LogP contribution is 2.16. The van der Waals surface area contributed by atoms with E-state index in [9.17, 15) is 4.79 Å². The standard InChI is InChI=1S/C15H12O3/c1-2-12-7-6-10-14(11-12)18-15(16)17-13-8-4-3-5-9-13/h2-11H,1H2. The molecule has 2 aromatic rings. The van der Waals surface area contributed by atoms with Crippen LogP contribution in [0.25, 0.3) is 6.08 Å². The van der Waals surface area contributed by atoms with Gasteiger partial charge < -0.3 is 9.47 Å². The van der Waals surface area contributed by atoms with E-state index in [0.29, 0.717) is 11.5 Å². The molecule has 0 spiro atoms. The highest BCUT2D eigenvalue weighted by molar-refractivity contribution is 5.67. The third-order valence-corrected chi connectivity index (χ3v) is 2.24. The third-order valence-electron chi connectivity index (χ3n) is 2.24. The summed E-state index contributed by atoms with van der Waals surface area (Å²) in [6, 6.07) is 15.8. The minimum Gasteiger partial charge on any atom is -0.395 e. The zero-order valence-electron chi connectivity index (χ0n) is 9.71. The second-order valence-electron chi connectivity index (χ2n) is 3.54. The Hall–Kier alpha value is -2.55. The van der Waals surface area contributed by atoms with Gasteiger partial charge in [0.15, 0.2) is 0 Å². The molecule has 0 atom stereocenters. The summed E-state index contributed by atoms with van der Waals surface area (Å²) < 4.78 is 10.1. The molecule has 0 radical (unpaired) electrons. The molecular formula is C15H12O3. The van der Waals surface area contributed by atoms with Crippen molar-refractivity contribution in [2.24, 2.45) is 0 Å². The van der Waals surface area contributed by atoms with Gasteiger partial charge in [-0.3, -0.25) is 0 Å². The van der Waals surface area contributed by atoms with Crippen molar-refractivity contribution in [3.05, 3.63) is 66.7 Å². The summed E-state index contributed by atoms with van der Waals surface area (Å²) in [5.74, 6) is 0.871. The summed E-state index contributed by atoms with van der Waals surface area (Å²) in [5, 5.41) is 0. The number of rotatable bonds is 3. The molecule has 3 nitrogen and oxygen atoms in total. The minimum atomic E-state index is -0.762. The lowest BCUT2D eigenvalue weighted by atomic mass is 10.2. The molecule has 18 heavy (non-hydrogen) atoms. The Morgan fingerprint density at radius 1 is 0.944 bits per heavy atom. The number of carbonyl (C=O) groups is 1. The quantitative estimate of drug-likeness (QED) is 0.602. The lowest BCUT2D eigenvalue weighted by Crippen LogP contribution is -2.13. The summed E-state index contributed by atoms with van der Waals surface area (Å²) in [4.78, 5) is 11.5. The topological polar surface area (TPSA) is 35.5 Å². The van der Waals surface area contributed by atoms with Crippen LogP contribution >= 0.6 is 0 Å². The van der Waals surface area contributed by atoms with Crippen LogP contribution in [0.3, 0.4) is 0 Å². The minimum absolute atomic E-state index is 0.424. The van der Waals surface area contributed by atoms with Crippen LogP contribution in [0.4, 0.5) is 4.79 Å². The Morgan fingerprint density at radius 3 is 2.33 bits per heavy atom. The van der Waals surface area contributed by atoms with Crippen molar-refractivity contribution in [1.82, 2.24) is 0 Å². The number of ether oxygens (including phenoxy) is 2. The van der Waals surface area contributed by atoms with E-state index in [1.54, 1.807) is 48.5 Å². The summed E-state index contributed by atoms with van der Waals surface area (Å²) >= 11 is 0. The highest BCUT2D eigenvalue weighted by Gasteiger charge is 2.07. The summed E-state index contributed by atoms with van der Waals surface area (Å²) in [5.41, 5.74) is 0.875. The zero-order valence-corrected chi connectivity index (χ0v) is 9.71. The fourth-order valence-electron chi connectivity index (χ4n) is 1.41.